The lowest BCUT2D eigenvalue weighted by atomic mass is 9.92. The lowest BCUT2D eigenvalue weighted by Gasteiger charge is -2.38. The van der Waals surface area contributed by atoms with Gasteiger partial charge >= 0.3 is 0 Å². The molecule has 0 spiro atoms. The standard InChI is InChI=1S/C15H30O9/c1-9(22-12(7-16)19-4)5-6-20-8-21-24-15-14(18)13(17)10(2)11(3)23-15/h9-18H,5-8H2,1-4H3/t9?,10-,11?,12?,13?,14?,15?/m0/s1. The molecule has 0 radical (unpaired) electrons. The molecule has 7 atom stereocenters. The highest BCUT2D eigenvalue weighted by molar-refractivity contribution is 4.84. The van der Waals surface area contributed by atoms with E-state index in [4.69, 9.17) is 33.8 Å². The van der Waals surface area contributed by atoms with E-state index in [2.05, 4.69) is 0 Å². The quantitative estimate of drug-likeness (QED) is 0.200. The maximum Gasteiger partial charge on any atom is 0.220 e. The Balaban J connectivity index is 2.11. The normalized spacial score (nSPS) is 33.4. The zero-order chi connectivity index (χ0) is 18.1. The molecular formula is C15H30O9. The molecule has 24 heavy (non-hydrogen) atoms. The zero-order valence-corrected chi connectivity index (χ0v) is 14.7. The molecule has 1 fully saturated rings. The summed E-state index contributed by atoms with van der Waals surface area (Å²) in [6.07, 6.45) is -3.71. The third kappa shape index (κ3) is 6.87. The van der Waals surface area contributed by atoms with Crippen LogP contribution in [0.25, 0.3) is 0 Å². The molecule has 1 aliphatic heterocycles. The molecule has 0 bridgehead atoms. The highest BCUT2D eigenvalue weighted by atomic mass is 17.2. The van der Waals surface area contributed by atoms with Crippen LogP contribution in [0.4, 0.5) is 0 Å². The summed E-state index contributed by atoms with van der Waals surface area (Å²) in [6, 6.07) is 0. The fourth-order valence-corrected chi connectivity index (χ4v) is 2.18. The van der Waals surface area contributed by atoms with Crippen molar-refractivity contribution in [2.24, 2.45) is 5.92 Å². The predicted molar refractivity (Wildman–Crippen MR) is 81.5 cm³/mol. The van der Waals surface area contributed by atoms with Gasteiger partial charge in [0, 0.05) is 13.0 Å². The van der Waals surface area contributed by atoms with Crippen molar-refractivity contribution in [2.75, 3.05) is 27.1 Å². The summed E-state index contributed by atoms with van der Waals surface area (Å²) in [4.78, 5) is 9.81. The van der Waals surface area contributed by atoms with Gasteiger partial charge in [-0.25, -0.2) is 4.89 Å². The maximum atomic E-state index is 9.86. The SMILES string of the molecule is COC(CO)OC(C)CCOCOOC1OC(C)[C@H](C)C(O)C1O. The minimum absolute atomic E-state index is 0.160. The Morgan fingerprint density at radius 3 is 2.50 bits per heavy atom. The van der Waals surface area contributed by atoms with Crippen LogP contribution in [0.15, 0.2) is 0 Å². The van der Waals surface area contributed by atoms with Crippen molar-refractivity contribution in [3.8, 4) is 0 Å². The molecule has 0 aromatic rings. The van der Waals surface area contributed by atoms with Crippen LogP contribution < -0.4 is 0 Å². The van der Waals surface area contributed by atoms with Gasteiger partial charge in [0.15, 0.2) is 13.1 Å². The largest absolute Gasteiger partial charge is 0.391 e. The molecule has 9 heteroatoms. The minimum atomic E-state index is -1.19. The van der Waals surface area contributed by atoms with Crippen molar-refractivity contribution in [1.82, 2.24) is 0 Å². The lowest BCUT2D eigenvalue weighted by molar-refractivity contribution is -0.438. The second kappa shape index (κ2) is 11.3. The van der Waals surface area contributed by atoms with E-state index in [9.17, 15) is 10.2 Å². The Bertz CT molecular complexity index is 326. The summed E-state index contributed by atoms with van der Waals surface area (Å²) in [6.45, 7) is 5.37. The van der Waals surface area contributed by atoms with Gasteiger partial charge in [-0.2, -0.15) is 4.89 Å². The number of ether oxygens (including phenoxy) is 4. The van der Waals surface area contributed by atoms with Crippen LogP contribution in [-0.2, 0) is 28.7 Å². The molecule has 3 N–H and O–H groups in total. The van der Waals surface area contributed by atoms with Gasteiger partial charge in [-0.1, -0.05) is 6.92 Å². The molecule has 9 nitrogen and oxygen atoms in total. The number of aliphatic hydroxyl groups is 3. The van der Waals surface area contributed by atoms with Crippen LogP contribution in [0.1, 0.15) is 27.2 Å². The Hall–Kier alpha value is -0.360. The molecular weight excluding hydrogens is 324 g/mol. The van der Waals surface area contributed by atoms with Crippen molar-refractivity contribution >= 4 is 0 Å². The third-order valence-corrected chi connectivity index (χ3v) is 4.02. The number of hydrogen-bond donors (Lipinski definition) is 3. The summed E-state index contributed by atoms with van der Waals surface area (Å²) in [5.74, 6) is -0.201. The maximum absolute atomic E-state index is 9.86. The number of methoxy groups -OCH3 is 1. The summed E-state index contributed by atoms with van der Waals surface area (Å²) in [7, 11) is 1.45. The fourth-order valence-electron chi connectivity index (χ4n) is 2.18. The van der Waals surface area contributed by atoms with Gasteiger partial charge < -0.3 is 34.3 Å². The molecule has 1 heterocycles. The van der Waals surface area contributed by atoms with Crippen LogP contribution in [0.3, 0.4) is 0 Å². The molecule has 0 aromatic carbocycles. The minimum Gasteiger partial charge on any atom is -0.391 e. The molecule has 144 valence electrons. The smallest absolute Gasteiger partial charge is 0.220 e. The molecule has 0 aliphatic carbocycles. The van der Waals surface area contributed by atoms with Gasteiger partial charge in [-0.3, -0.25) is 0 Å². The van der Waals surface area contributed by atoms with Crippen LogP contribution in [0.2, 0.25) is 0 Å². The first-order chi connectivity index (χ1) is 11.4. The molecule has 1 saturated heterocycles. The zero-order valence-electron chi connectivity index (χ0n) is 14.7. The van der Waals surface area contributed by atoms with Gasteiger partial charge in [0.2, 0.25) is 6.29 Å². The van der Waals surface area contributed by atoms with E-state index in [1.165, 1.54) is 7.11 Å². The Morgan fingerprint density at radius 1 is 1.17 bits per heavy atom. The van der Waals surface area contributed by atoms with E-state index in [-0.39, 0.29) is 31.5 Å². The van der Waals surface area contributed by atoms with Crippen molar-refractivity contribution in [3.63, 3.8) is 0 Å². The highest BCUT2D eigenvalue weighted by Gasteiger charge is 2.41. The van der Waals surface area contributed by atoms with Crippen LogP contribution in [0.5, 0.6) is 0 Å². The first-order valence-electron chi connectivity index (χ1n) is 8.07. The molecule has 1 aliphatic rings. The van der Waals surface area contributed by atoms with Crippen LogP contribution in [0, 0.1) is 5.92 Å². The second-order valence-corrected chi connectivity index (χ2v) is 5.87. The summed E-state index contributed by atoms with van der Waals surface area (Å²) < 4.78 is 20.9. The highest BCUT2D eigenvalue weighted by Crippen LogP contribution is 2.26. The van der Waals surface area contributed by atoms with Gasteiger partial charge in [0.05, 0.1) is 31.5 Å². The second-order valence-electron chi connectivity index (χ2n) is 5.87. The lowest BCUT2D eigenvalue weighted by Crippen LogP contribution is -2.53. The molecule has 0 amide bonds. The molecule has 0 aromatic heterocycles. The number of aliphatic hydroxyl groups excluding tert-OH is 3. The predicted octanol–water partition coefficient (Wildman–Crippen LogP) is -0.229. The number of rotatable bonds is 11. The summed E-state index contributed by atoms with van der Waals surface area (Å²) >= 11 is 0. The monoisotopic (exact) mass is 354 g/mol. The van der Waals surface area contributed by atoms with E-state index < -0.39 is 24.8 Å². The van der Waals surface area contributed by atoms with E-state index in [1.54, 1.807) is 13.8 Å². The average molecular weight is 354 g/mol. The third-order valence-electron chi connectivity index (χ3n) is 4.02. The summed E-state index contributed by atoms with van der Waals surface area (Å²) in [5, 5.41) is 28.7. The Labute approximate surface area is 142 Å². The fraction of sp³-hybridized carbons (Fsp3) is 1.00. The molecule has 1 rings (SSSR count). The van der Waals surface area contributed by atoms with Gasteiger partial charge in [0.25, 0.3) is 0 Å². The van der Waals surface area contributed by atoms with E-state index in [0.29, 0.717) is 13.0 Å². The Morgan fingerprint density at radius 2 is 1.88 bits per heavy atom. The first kappa shape index (κ1) is 21.7. The van der Waals surface area contributed by atoms with Gasteiger partial charge in [-0.05, 0) is 20.3 Å². The number of hydrogen-bond acceptors (Lipinski definition) is 9. The van der Waals surface area contributed by atoms with Gasteiger partial charge in [0.1, 0.15) is 6.10 Å². The Kier molecular flexibility index (Phi) is 10.2. The first-order valence-corrected chi connectivity index (χ1v) is 8.07. The molecule has 6 unspecified atom stereocenters. The summed E-state index contributed by atoms with van der Waals surface area (Å²) in [5.41, 5.74) is 0. The van der Waals surface area contributed by atoms with E-state index >= 15 is 0 Å². The van der Waals surface area contributed by atoms with Gasteiger partial charge in [-0.15, -0.1) is 0 Å². The van der Waals surface area contributed by atoms with Crippen LogP contribution >= 0.6 is 0 Å². The van der Waals surface area contributed by atoms with Crippen LogP contribution in [-0.4, -0.2) is 79.4 Å². The van der Waals surface area contributed by atoms with Crippen molar-refractivity contribution in [3.05, 3.63) is 0 Å². The topological polar surface area (TPSA) is 116 Å². The van der Waals surface area contributed by atoms with Crippen molar-refractivity contribution in [1.29, 1.82) is 0 Å². The van der Waals surface area contributed by atoms with Crippen molar-refractivity contribution < 1.29 is 44.0 Å². The van der Waals surface area contributed by atoms with E-state index in [1.807, 2.05) is 6.92 Å². The molecule has 0 saturated carbocycles. The van der Waals surface area contributed by atoms with Crippen molar-refractivity contribution in [2.45, 2.75) is 64.2 Å². The average Bonchev–Trinajstić information content (AvgIpc) is 2.58. The van der Waals surface area contributed by atoms with E-state index in [0.717, 1.165) is 0 Å².